The molecule has 6 heteroatoms. The van der Waals surface area contributed by atoms with E-state index in [-0.39, 0.29) is 18.1 Å². The highest BCUT2D eigenvalue weighted by atomic mass is 32.1. The van der Waals surface area contributed by atoms with Crippen LogP contribution in [0.5, 0.6) is 0 Å². The van der Waals surface area contributed by atoms with Crippen molar-refractivity contribution in [3.63, 3.8) is 0 Å². The number of nitrogens with one attached hydrogen (secondary N) is 1. The molecule has 0 aliphatic carbocycles. The summed E-state index contributed by atoms with van der Waals surface area (Å²) in [5.74, 6) is -0.0230. The fourth-order valence-corrected chi connectivity index (χ4v) is 2.99. The van der Waals surface area contributed by atoms with Crippen LogP contribution in [0.1, 0.15) is 30.3 Å². The van der Waals surface area contributed by atoms with Crippen molar-refractivity contribution in [2.75, 3.05) is 18.4 Å². The Morgan fingerprint density at radius 3 is 2.63 bits per heavy atom. The molecule has 1 atom stereocenters. The Labute approximate surface area is 117 Å². The minimum absolute atomic E-state index is 0.0230. The van der Waals surface area contributed by atoms with Gasteiger partial charge in [-0.15, -0.1) is 11.3 Å². The summed E-state index contributed by atoms with van der Waals surface area (Å²) in [6, 6.07) is -0.183. The van der Waals surface area contributed by atoms with Gasteiger partial charge in [-0.3, -0.25) is 9.69 Å². The van der Waals surface area contributed by atoms with E-state index in [0.717, 1.165) is 36.5 Å². The SMILES string of the molecule is Cc1nc(NC(=O)C(C)N2CCC(O)CC2)sc1C. The number of anilines is 1. The zero-order valence-electron chi connectivity index (χ0n) is 11.6. The van der Waals surface area contributed by atoms with Crippen LogP contribution < -0.4 is 5.32 Å². The molecule has 5 nitrogen and oxygen atoms in total. The van der Waals surface area contributed by atoms with Gasteiger partial charge in [0.05, 0.1) is 17.8 Å². The maximum atomic E-state index is 12.2. The molecule has 106 valence electrons. The molecule has 1 aromatic heterocycles. The van der Waals surface area contributed by atoms with Crippen LogP contribution in [0.2, 0.25) is 0 Å². The smallest absolute Gasteiger partial charge is 0.243 e. The second-order valence-electron chi connectivity index (χ2n) is 5.09. The van der Waals surface area contributed by atoms with Crippen molar-refractivity contribution in [3.8, 4) is 0 Å². The minimum atomic E-state index is -0.212. The Kier molecular flexibility index (Phi) is 4.54. The van der Waals surface area contributed by atoms with E-state index in [1.807, 2.05) is 20.8 Å². The molecule has 2 heterocycles. The number of aliphatic hydroxyl groups is 1. The number of carbonyl (C=O) groups is 1. The number of amides is 1. The molecule has 0 bridgehead atoms. The van der Waals surface area contributed by atoms with Crippen molar-refractivity contribution < 1.29 is 9.90 Å². The maximum absolute atomic E-state index is 12.2. The van der Waals surface area contributed by atoms with Crippen LogP contribution >= 0.6 is 11.3 Å². The van der Waals surface area contributed by atoms with Crippen molar-refractivity contribution >= 4 is 22.4 Å². The molecular weight excluding hydrogens is 262 g/mol. The first-order valence-corrected chi connectivity index (χ1v) is 7.46. The molecule has 0 aromatic carbocycles. The average Bonchev–Trinajstić information content (AvgIpc) is 2.68. The van der Waals surface area contributed by atoms with Gasteiger partial charge in [0.2, 0.25) is 5.91 Å². The number of hydrogen-bond acceptors (Lipinski definition) is 5. The largest absolute Gasteiger partial charge is 0.393 e. The molecule has 0 saturated carbocycles. The van der Waals surface area contributed by atoms with Gasteiger partial charge in [0.25, 0.3) is 0 Å². The van der Waals surface area contributed by atoms with E-state index in [0.29, 0.717) is 5.13 Å². The van der Waals surface area contributed by atoms with Gasteiger partial charge in [0.15, 0.2) is 5.13 Å². The van der Waals surface area contributed by atoms with E-state index >= 15 is 0 Å². The third-order valence-corrected chi connectivity index (χ3v) is 4.67. The Morgan fingerprint density at radius 1 is 1.47 bits per heavy atom. The molecule has 1 fully saturated rings. The second kappa shape index (κ2) is 5.98. The van der Waals surface area contributed by atoms with Crippen molar-refractivity contribution in [2.45, 2.75) is 45.8 Å². The zero-order valence-corrected chi connectivity index (χ0v) is 12.5. The number of hydrogen-bond donors (Lipinski definition) is 2. The first-order chi connectivity index (χ1) is 8.97. The topological polar surface area (TPSA) is 65.5 Å². The monoisotopic (exact) mass is 283 g/mol. The van der Waals surface area contributed by atoms with Crippen LogP contribution in [-0.4, -0.2) is 46.1 Å². The second-order valence-corrected chi connectivity index (χ2v) is 6.30. The van der Waals surface area contributed by atoms with E-state index in [1.165, 1.54) is 11.3 Å². The molecule has 1 aromatic rings. The molecule has 1 amide bonds. The maximum Gasteiger partial charge on any atom is 0.243 e. The first kappa shape index (κ1) is 14.4. The fourth-order valence-electron chi connectivity index (χ4n) is 2.17. The van der Waals surface area contributed by atoms with Crippen molar-refractivity contribution in [1.82, 2.24) is 9.88 Å². The molecule has 1 aliphatic heterocycles. The summed E-state index contributed by atoms with van der Waals surface area (Å²) in [6.07, 6.45) is 1.27. The van der Waals surface area contributed by atoms with Crippen molar-refractivity contribution in [1.29, 1.82) is 0 Å². The Morgan fingerprint density at radius 2 is 2.11 bits per heavy atom. The van der Waals surface area contributed by atoms with Gasteiger partial charge >= 0.3 is 0 Å². The highest BCUT2D eigenvalue weighted by Crippen LogP contribution is 2.22. The van der Waals surface area contributed by atoms with Gasteiger partial charge in [0, 0.05) is 18.0 Å². The normalized spacial score (nSPS) is 19.4. The third kappa shape index (κ3) is 3.52. The number of likely N-dealkylation sites (tertiary alicyclic amines) is 1. The molecule has 1 aliphatic rings. The number of aromatic nitrogens is 1. The van der Waals surface area contributed by atoms with Crippen LogP contribution in [0, 0.1) is 13.8 Å². The van der Waals surface area contributed by atoms with Crippen molar-refractivity contribution in [3.05, 3.63) is 10.6 Å². The van der Waals surface area contributed by atoms with Crippen LogP contribution in [0.3, 0.4) is 0 Å². The number of aliphatic hydroxyl groups excluding tert-OH is 1. The van der Waals surface area contributed by atoms with Gasteiger partial charge in [-0.1, -0.05) is 0 Å². The van der Waals surface area contributed by atoms with Gasteiger partial charge in [0.1, 0.15) is 0 Å². The van der Waals surface area contributed by atoms with E-state index < -0.39 is 0 Å². The molecule has 0 radical (unpaired) electrons. The molecule has 1 saturated heterocycles. The van der Waals surface area contributed by atoms with E-state index in [1.54, 1.807) is 0 Å². The van der Waals surface area contributed by atoms with E-state index in [4.69, 9.17) is 0 Å². The lowest BCUT2D eigenvalue weighted by molar-refractivity contribution is -0.121. The number of aryl methyl sites for hydroxylation is 2. The van der Waals surface area contributed by atoms with Crippen molar-refractivity contribution in [2.24, 2.45) is 0 Å². The summed E-state index contributed by atoms with van der Waals surface area (Å²) in [7, 11) is 0. The third-order valence-electron chi connectivity index (χ3n) is 3.68. The lowest BCUT2D eigenvalue weighted by atomic mass is 10.1. The summed E-state index contributed by atoms with van der Waals surface area (Å²) in [4.78, 5) is 19.7. The van der Waals surface area contributed by atoms with Gasteiger partial charge in [-0.05, 0) is 33.6 Å². The highest BCUT2D eigenvalue weighted by molar-refractivity contribution is 7.15. The minimum Gasteiger partial charge on any atom is -0.393 e. The highest BCUT2D eigenvalue weighted by Gasteiger charge is 2.26. The van der Waals surface area contributed by atoms with E-state index in [9.17, 15) is 9.90 Å². The first-order valence-electron chi connectivity index (χ1n) is 6.64. The Balaban J connectivity index is 1.92. The molecule has 2 N–H and O–H groups in total. The van der Waals surface area contributed by atoms with Crippen LogP contribution in [0.25, 0.3) is 0 Å². The summed E-state index contributed by atoms with van der Waals surface area (Å²) in [5.41, 5.74) is 0.967. The van der Waals surface area contributed by atoms with Crippen LogP contribution in [0.4, 0.5) is 5.13 Å². The van der Waals surface area contributed by atoms with Gasteiger partial charge < -0.3 is 10.4 Å². The lowest BCUT2D eigenvalue weighted by Gasteiger charge is -2.33. The zero-order chi connectivity index (χ0) is 14.0. The van der Waals surface area contributed by atoms with Crippen LogP contribution in [-0.2, 0) is 4.79 Å². The molecule has 19 heavy (non-hydrogen) atoms. The quantitative estimate of drug-likeness (QED) is 0.883. The fraction of sp³-hybridized carbons (Fsp3) is 0.692. The Hall–Kier alpha value is -0.980. The predicted octanol–water partition coefficient (Wildman–Crippen LogP) is 1.54. The molecular formula is C13H21N3O2S. The molecule has 0 spiro atoms. The number of rotatable bonds is 3. The molecule has 2 rings (SSSR count). The number of thiazole rings is 1. The lowest BCUT2D eigenvalue weighted by Crippen LogP contribution is -2.47. The number of nitrogens with zero attached hydrogens (tertiary/aromatic N) is 2. The summed E-state index contributed by atoms with van der Waals surface area (Å²) < 4.78 is 0. The summed E-state index contributed by atoms with van der Waals surface area (Å²) in [6.45, 7) is 7.38. The summed E-state index contributed by atoms with van der Waals surface area (Å²) >= 11 is 1.51. The van der Waals surface area contributed by atoms with Crippen LogP contribution in [0.15, 0.2) is 0 Å². The number of carbonyl (C=O) groups excluding carboxylic acids is 1. The summed E-state index contributed by atoms with van der Waals surface area (Å²) in [5, 5.41) is 13.0. The Bertz CT molecular complexity index is 433. The van der Waals surface area contributed by atoms with E-state index in [2.05, 4.69) is 15.2 Å². The van der Waals surface area contributed by atoms with Gasteiger partial charge in [-0.25, -0.2) is 4.98 Å². The predicted molar refractivity (Wildman–Crippen MR) is 76.5 cm³/mol. The average molecular weight is 283 g/mol. The standard InChI is InChI=1S/C13H21N3O2S/c1-8-10(3)19-13(14-8)15-12(18)9(2)16-6-4-11(17)5-7-16/h9,11,17H,4-7H2,1-3H3,(H,14,15,18). The van der Waals surface area contributed by atoms with Gasteiger partial charge in [-0.2, -0.15) is 0 Å². The molecule has 1 unspecified atom stereocenters. The number of piperidine rings is 1.